The summed E-state index contributed by atoms with van der Waals surface area (Å²) >= 11 is 9.23. The number of hydrogen-bond donors (Lipinski definition) is 2. The van der Waals surface area contributed by atoms with E-state index >= 15 is 0 Å². The average Bonchev–Trinajstić information content (AvgIpc) is 2.78. The Morgan fingerprint density at radius 2 is 1.59 bits per heavy atom. The van der Waals surface area contributed by atoms with E-state index in [4.69, 9.17) is 11.6 Å². The molecule has 1 aromatic heterocycles. The van der Waals surface area contributed by atoms with Crippen LogP contribution in [0, 0.1) is 0 Å². The summed E-state index contributed by atoms with van der Waals surface area (Å²) in [6, 6.07) is 20.3. The number of anilines is 2. The third-order valence-corrected chi connectivity index (χ3v) is 5.75. The van der Waals surface area contributed by atoms with Crippen LogP contribution in [0.25, 0.3) is 10.9 Å². The van der Waals surface area contributed by atoms with E-state index in [1.165, 1.54) is 10.6 Å². The molecule has 0 spiro atoms. The van der Waals surface area contributed by atoms with Crippen LogP contribution in [0.4, 0.5) is 11.4 Å². The van der Waals surface area contributed by atoms with Crippen molar-refractivity contribution in [2.45, 2.75) is 0 Å². The number of aromatic nitrogens is 1. The first-order chi connectivity index (χ1) is 15.3. The number of rotatable bonds is 4. The maximum atomic E-state index is 12.9. The minimum atomic E-state index is -0.552. The van der Waals surface area contributed by atoms with Crippen molar-refractivity contribution in [1.29, 1.82) is 0 Å². The van der Waals surface area contributed by atoms with Gasteiger partial charge in [-0.1, -0.05) is 33.6 Å². The van der Waals surface area contributed by atoms with E-state index in [-0.39, 0.29) is 11.5 Å². The summed E-state index contributed by atoms with van der Waals surface area (Å²) in [5.41, 5.74) is 1.59. The predicted octanol–water partition coefficient (Wildman–Crippen LogP) is 5.46. The lowest BCUT2D eigenvalue weighted by molar-refractivity contribution is 0.101. The van der Waals surface area contributed by atoms with Crippen LogP contribution < -0.4 is 16.2 Å². The van der Waals surface area contributed by atoms with Gasteiger partial charge in [0.2, 0.25) is 0 Å². The summed E-state index contributed by atoms with van der Waals surface area (Å²) < 4.78 is 2.26. The number of amides is 2. The van der Waals surface area contributed by atoms with Crippen molar-refractivity contribution in [2.75, 3.05) is 10.6 Å². The smallest absolute Gasteiger partial charge is 0.263 e. The Labute approximate surface area is 197 Å². The van der Waals surface area contributed by atoms with Crippen LogP contribution in [0.2, 0.25) is 5.02 Å². The van der Waals surface area contributed by atoms with Crippen LogP contribution in [-0.2, 0) is 7.05 Å². The molecule has 1 heterocycles. The number of carbonyl (C=O) groups excluding carboxylic acids is 2. The fourth-order valence-corrected chi connectivity index (χ4v) is 3.68. The number of benzene rings is 3. The average molecular weight is 511 g/mol. The zero-order valence-electron chi connectivity index (χ0n) is 16.9. The molecule has 2 N–H and O–H groups in total. The number of pyridine rings is 1. The Hall–Kier alpha value is -3.42. The van der Waals surface area contributed by atoms with E-state index in [1.54, 1.807) is 73.8 Å². The largest absolute Gasteiger partial charge is 0.322 e. The molecule has 6 nitrogen and oxygen atoms in total. The molecule has 8 heteroatoms. The molecule has 0 bridgehead atoms. The molecule has 2 amide bonds. The highest BCUT2D eigenvalue weighted by Gasteiger charge is 2.17. The van der Waals surface area contributed by atoms with Crippen molar-refractivity contribution in [2.24, 2.45) is 7.05 Å². The number of fused-ring (bicyclic) bond motifs is 1. The van der Waals surface area contributed by atoms with Crippen LogP contribution in [-0.4, -0.2) is 16.4 Å². The highest BCUT2D eigenvalue weighted by Crippen LogP contribution is 2.24. The SMILES string of the molecule is Cn1c(=O)c(C(=O)Nc2ccc(Cl)cc2)cc2c(NC(=O)c3ccc(Br)cc3)cccc21. The molecule has 0 atom stereocenters. The number of carbonyl (C=O) groups is 2. The van der Waals surface area contributed by atoms with Gasteiger partial charge in [-0.25, -0.2) is 0 Å². The number of halogens is 2. The van der Waals surface area contributed by atoms with Gasteiger partial charge in [0.05, 0.1) is 11.2 Å². The van der Waals surface area contributed by atoms with Gasteiger partial charge in [0.25, 0.3) is 17.4 Å². The van der Waals surface area contributed by atoms with Gasteiger partial charge in [0.1, 0.15) is 5.56 Å². The summed E-state index contributed by atoms with van der Waals surface area (Å²) in [7, 11) is 1.59. The number of hydrogen-bond acceptors (Lipinski definition) is 3. The van der Waals surface area contributed by atoms with E-state index in [2.05, 4.69) is 26.6 Å². The second kappa shape index (κ2) is 8.98. The Balaban J connectivity index is 1.72. The normalized spacial score (nSPS) is 10.7. The van der Waals surface area contributed by atoms with Crippen LogP contribution in [0.3, 0.4) is 0 Å². The molecule has 4 rings (SSSR count). The Bertz CT molecular complexity index is 1400. The quantitative estimate of drug-likeness (QED) is 0.383. The summed E-state index contributed by atoms with van der Waals surface area (Å²) in [5.74, 6) is -0.852. The van der Waals surface area contributed by atoms with Crippen LogP contribution >= 0.6 is 27.5 Å². The minimum Gasteiger partial charge on any atom is -0.322 e. The third kappa shape index (κ3) is 4.44. The van der Waals surface area contributed by atoms with Crippen molar-refractivity contribution in [3.63, 3.8) is 0 Å². The standard InChI is InChI=1S/C24H17BrClN3O3/c1-29-21-4-2-3-20(28-22(30)14-5-7-15(25)8-6-14)18(21)13-19(24(29)32)23(31)27-17-11-9-16(26)10-12-17/h2-13H,1H3,(H,27,31)(H,28,30). The van der Waals surface area contributed by atoms with Gasteiger partial charge in [-0.15, -0.1) is 0 Å². The highest BCUT2D eigenvalue weighted by molar-refractivity contribution is 9.10. The lowest BCUT2D eigenvalue weighted by atomic mass is 10.1. The van der Waals surface area contributed by atoms with Gasteiger partial charge >= 0.3 is 0 Å². The lowest BCUT2D eigenvalue weighted by Gasteiger charge is -2.13. The van der Waals surface area contributed by atoms with Gasteiger partial charge < -0.3 is 15.2 Å². The van der Waals surface area contributed by atoms with Crippen LogP contribution in [0.1, 0.15) is 20.7 Å². The number of nitrogens with one attached hydrogen (secondary N) is 2. The molecule has 0 aliphatic heterocycles. The third-order valence-electron chi connectivity index (χ3n) is 4.97. The molecular formula is C24H17BrClN3O3. The number of nitrogens with zero attached hydrogens (tertiary/aromatic N) is 1. The second-order valence-corrected chi connectivity index (χ2v) is 8.43. The predicted molar refractivity (Wildman–Crippen MR) is 131 cm³/mol. The lowest BCUT2D eigenvalue weighted by Crippen LogP contribution is -2.28. The maximum absolute atomic E-state index is 12.9. The van der Waals surface area contributed by atoms with Crippen LogP contribution in [0.15, 0.2) is 82.1 Å². The summed E-state index contributed by atoms with van der Waals surface area (Å²) in [5, 5.41) is 6.69. The molecule has 0 unspecified atom stereocenters. The van der Waals surface area contributed by atoms with Gasteiger partial charge in [-0.2, -0.15) is 0 Å². The molecule has 0 aliphatic rings. The molecule has 4 aromatic rings. The Morgan fingerprint density at radius 3 is 2.28 bits per heavy atom. The molecule has 0 aliphatic carbocycles. The topological polar surface area (TPSA) is 80.2 Å². The summed E-state index contributed by atoms with van der Waals surface area (Å²) in [6.07, 6.45) is 0. The van der Waals surface area contributed by atoms with Crippen molar-refractivity contribution in [1.82, 2.24) is 4.57 Å². The van der Waals surface area contributed by atoms with E-state index < -0.39 is 11.5 Å². The maximum Gasteiger partial charge on any atom is 0.263 e. The number of aryl methyl sites for hydroxylation is 1. The van der Waals surface area contributed by atoms with E-state index in [0.29, 0.717) is 32.9 Å². The van der Waals surface area contributed by atoms with Crippen LogP contribution in [0.5, 0.6) is 0 Å². The zero-order valence-corrected chi connectivity index (χ0v) is 19.2. The molecule has 3 aromatic carbocycles. The molecule has 160 valence electrons. The van der Waals surface area contributed by atoms with Crippen molar-refractivity contribution in [3.8, 4) is 0 Å². The minimum absolute atomic E-state index is 0.0414. The van der Waals surface area contributed by atoms with Gasteiger partial charge in [-0.05, 0) is 66.7 Å². The van der Waals surface area contributed by atoms with Crippen molar-refractivity contribution in [3.05, 3.63) is 104 Å². The van der Waals surface area contributed by atoms with Gasteiger partial charge in [0.15, 0.2) is 0 Å². The molecule has 0 radical (unpaired) electrons. The monoisotopic (exact) mass is 509 g/mol. The van der Waals surface area contributed by atoms with Crippen molar-refractivity contribution < 1.29 is 9.59 Å². The van der Waals surface area contributed by atoms with E-state index in [9.17, 15) is 14.4 Å². The summed E-state index contributed by atoms with van der Waals surface area (Å²) in [4.78, 5) is 38.4. The molecule has 0 saturated heterocycles. The Morgan fingerprint density at radius 1 is 0.906 bits per heavy atom. The van der Waals surface area contributed by atoms with Crippen molar-refractivity contribution >= 4 is 61.6 Å². The molecule has 32 heavy (non-hydrogen) atoms. The van der Waals surface area contributed by atoms with E-state index in [1.807, 2.05) is 0 Å². The first kappa shape index (κ1) is 21.8. The zero-order chi connectivity index (χ0) is 22.8. The molecule has 0 fully saturated rings. The van der Waals surface area contributed by atoms with Gasteiger partial charge in [0, 0.05) is 33.2 Å². The first-order valence-corrected chi connectivity index (χ1v) is 10.8. The fraction of sp³-hybridized carbons (Fsp3) is 0.0417. The van der Waals surface area contributed by atoms with Gasteiger partial charge in [-0.3, -0.25) is 14.4 Å². The molecular weight excluding hydrogens is 494 g/mol. The van der Waals surface area contributed by atoms with E-state index in [0.717, 1.165) is 4.47 Å². The molecule has 0 saturated carbocycles. The fourth-order valence-electron chi connectivity index (χ4n) is 3.29. The second-order valence-electron chi connectivity index (χ2n) is 7.08. The first-order valence-electron chi connectivity index (χ1n) is 9.60. The summed E-state index contributed by atoms with van der Waals surface area (Å²) in [6.45, 7) is 0. The Kier molecular flexibility index (Phi) is 6.12. The highest BCUT2D eigenvalue weighted by atomic mass is 79.9.